The van der Waals surface area contributed by atoms with Crippen molar-refractivity contribution in [1.29, 1.82) is 0 Å². The molecule has 8 nitrogen and oxygen atoms in total. The number of rotatable bonds is 2. The van der Waals surface area contributed by atoms with Crippen molar-refractivity contribution in [2.24, 2.45) is 0 Å². The van der Waals surface area contributed by atoms with E-state index < -0.39 is 36.0 Å². The van der Waals surface area contributed by atoms with E-state index >= 15 is 0 Å². The Labute approximate surface area is 158 Å². The van der Waals surface area contributed by atoms with Crippen molar-refractivity contribution in [2.75, 3.05) is 13.1 Å². The van der Waals surface area contributed by atoms with Crippen LogP contribution in [0.1, 0.15) is 32.8 Å². The number of hydrogen-bond donors (Lipinski definition) is 0. The van der Waals surface area contributed by atoms with Gasteiger partial charge in [-0.1, -0.05) is 30.3 Å². The molecule has 0 bridgehead atoms. The van der Waals surface area contributed by atoms with Gasteiger partial charge in [0.2, 0.25) is 0 Å². The van der Waals surface area contributed by atoms with E-state index in [9.17, 15) is 14.4 Å². The van der Waals surface area contributed by atoms with E-state index in [1.807, 2.05) is 30.3 Å². The van der Waals surface area contributed by atoms with Crippen molar-refractivity contribution in [3.63, 3.8) is 0 Å². The maximum atomic E-state index is 12.4. The van der Waals surface area contributed by atoms with E-state index in [0.717, 1.165) is 10.5 Å². The lowest BCUT2D eigenvalue weighted by Crippen LogP contribution is -2.54. The number of likely N-dealkylation sites (tertiary alicyclic amines) is 1. The minimum atomic E-state index is -0.764. The molecule has 2 aliphatic heterocycles. The van der Waals surface area contributed by atoms with Crippen LogP contribution >= 0.6 is 0 Å². The smallest absolute Gasteiger partial charge is 0.420 e. The second kappa shape index (κ2) is 7.46. The fourth-order valence-electron chi connectivity index (χ4n) is 3.11. The summed E-state index contributed by atoms with van der Waals surface area (Å²) in [6.07, 6.45) is -1.99. The number of ether oxygens (including phenoxy) is 3. The summed E-state index contributed by atoms with van der Waals surface area (Å²) in [5, 5.41) is 0. The Bertz CT molecular complexity index is 715. The molecular weight excluding hydrogens is 352 g/mol. The molecule has 2 atom stereocenters. The van der Waals surface area contributed by atoms with Gasteiger partial charge < -0.3 is 19.1 Å². The number of carbonyl (C=O) groups excluding carboxylic acids is 3. The average Bonchev–Trinajstić information content (AvgIpc) is 2.94. The van der Waals surface area contributed by atoms with Gasteiger partial charge in [0.15, 0.2) is 0 Å². The zero-order valence-corrected chi connectivity index (χ0v) is 15.7. The number of imide groups is 1. The van der Waals surface area contributed by atoms with Gasteiger partial charge in [-0.05, 0) is 26.3 Å². The van der Waals surface area contributed by atoms with Crippen molar-refractivity contribution in [3.05, 3.63) is 35.9 Å². The zero-order chi connectivity index (χ0) is 19.6. The van der Waals surface area contributed by atoms with E-state index in [1.54, 1.807) is 20.8 Å². The highest BCUT2D eigenvalue weighted by atomic mass is 16.6. The van der Waals surface area contributed by atoms with Gasteiger partial charge in [-0.15, -0.1) is 0 Å². The lowest BCUT2D eigenvalue weighted by atomic mass is 10.0. The summed E-state index contributed by atoms with van der Waals surface area (Å²) in [6.45, 7) is 5.87. The first-order valence-electron chi connectivity index (χ1n) is 8.93. The van der Waals surface area contributed by atoms with Gasteiger partial charge in [0.1, 0.15) is 24.4 Å². The standard InChI is InChI=1S/C19H24N2O6/c1-19(2,3)27-18(24)21-14-11-20(10-9-15(14)26-17(21)23)16(22)25-12-13-7-5-4-6-8-13/h4-8,14-15H,9-12H2,1-3H3/t14-,15+/m1/s1. The second-order valence-electron chi connectivity index (χ2n) is 7.61. The van der Waals surface area contributed by atoms with Gasteiger partial charge in [-0.2, -0.15) is 0 Å². The van der Waals surface area contributed by atoms with Crippen LogP contribution in [0.25, 0.3) is 0 Å². The maximum Gasteiger partial charge on any atom is 0.420 e. The zero-order valence-electron chi connectivity index (χ0n) is 15.7. The molecule has 2 fully saturated rings. The monoisotopic (exact) mass is 376 g/mol. The first kappa shape index (κ1) is 19.0. The molecule has 0 N–H and O–H groups in total. The summed E-state index contributed by atoms with van der Waals surface area (Å²) in [4.78, 5) is 39.3. The van der Waals surface area contributed by atoms with Crippen LogP contribution in [0.3, 0.4) is 0 Å². The highest BCUT2D eigenvalue weighted by Gasteiger charge is 2.50. The Hall–Kier alpha value is -2.77. The molecule has 146 valence electrons. The molecule has 0 aliphatic carbocycles. The van der Waals surface area contributed by atoms with Crippen LogP contribution in [0, 0.1) is 0 Å². The molecule has 0 radical (unpaired) electrons. The highest BCUT2D eigenvalue weighted by molar-refractivity contribution is 5.90. The minimum Gasteiger partial charge on any atom is -0.445 e. The molecule has 2 saturated heterocycles. The normalized spacial score (nSPS) is 22.1. The Balaban J connectivity index is 1.62. The largest absolute Gasteiger partial charge is 0.445 e. The summed E-state index contributed by atoms with van der Waals surface area (Å²) >= 11 is 0. The third-order valence-corrected chi connectivity index (χ3v) is 4.35. The highest BCUT2D eigenvalue weighted by Crippen LogP contribution is 2.29. The first-order chi connectivity index (χ1) is 12.7. The predicted molar refractivity (Wildman–Crippen MR) is 94.9 cm³/mol. The molecular formula is C19H24N2O6. The molecule has 8 heteroatoms. The van der Waals surface area contributed by atoms with Gasteiger partial charge in [0.05, 0.1) is 0 Å². The molecule has 0 aromatic heterocycles. The SMILES string of the molecule is CC(C)(C)OC(=O)N1C(=O)O[C@H]2CCN(C(=O)OCc3ccccc3)C[C@H]21. The van der Waals surface area contributed by atoms with Gasteiger partial charge in [-0.3, -0.25) is 0 Å². The number of fused-ring (bicyclic) bond motifs is 1. The molecule has 0 unspecified atom stereocenters. The molecule has 1 aromatic carbocycles. The molecule has 0 saturated carbocycles. The summed E-state index contributed by atoms with van der Waals surface area (Å²) in [7, 11) is 0. The Morgan fingerprint density at radius 2 is 1.89 bits per heavy atom. The van der Waals surface area contributed by atoms with Crippen molar-refractivity contribution < 1.29 is 28.6 Å². The van der Waals surface area contributed by atoms with Crippen LogP contribution in [-0.4, -0.2) is 58.9 Å². The van der Waals surface area contributed by atoms with Crippen LogP contribution in [0.4, 0.5) is 14.4 Å². The number of hydrogen-bond acceptors (Lipinski definition) is 6. The first-order valence-corrected chi connectivity index (χ1v) is 8.93. The Kier molecular flexibility index (Phi) is 5.25. The van der Waals surface area contributed by atoms with E-state index in [-0.39, 0.29) is 13.2 Å². The maximum absolute atomic E-state index is 12.4. The van der Waals surface area contributed by atoms with E-state index in [2.05, 4.69) is 0 Å². The van der Waals surface area contributed by atoms with Gasteiger partial charge >= 0.3 is 18.3 Å². The molecule has 1 aromatic rings. The molecule has 0 spiro atoms. The fourth-order valence-corrected chi connectivity index (χ4v) is 3.11. The lowest BCUT2D eigenvalue weighted by Gasteiger charge is -2.35. The van der Waals surface area contributed by atoms with Crippen LogP contribution in [0.2, 0.25) is 0 Å². The molecule has 3 rings (SSSR count). The van der Waals surface area contributed by atoms with Crippen molar-refractivity contribution in [1.82, 2.24) is 9.80 Å². The van der Waals surface area contributed by atoms with Crippen molar-refractivity contribution >= 4 is 18.3 Å². The minimum absolute atomic E-state index is 0.156. The predicted octanol–water partition coefficient (Wildman–Crippen LogP) is 3.15. The number of nitrogens with zero attached hydrogens (tertiary/aromatic N) is 2. The molecule has 2 aliphatic rings. The number of piperidine rings is 1. The summed E-state index contributed by atoms with van der Waals surface area (Å²) < 4.78 is 15.9. The van der Waals surface area contributed by atoms with Crippen molar-refractivity contribution in [3.8, 4) is 0 Å². The van der Waals surface area contributed by atoms with Crippen LogP contribution in [0.15, 0.2) is 30.3 Å². The third-order valence-electron chi connectivity index (χ3n) is 4.35. The van der Waals surface area contributed by atoms with E-state index in [0.29, 0.717) is 13.0 Å². The lowest BCUT2D eigenvalue weighted by molar-refractivity contribution is 0.0191. The molecule has 27 heavy (non-hydrogen) atoms. The van der Waals surface area contributed by atoms with Crippen molar-refractivity contribution in [2.45, 2.75) is 51.5 Å². The Morgan fingerprint density at radius 1 is 1.19 bits per heavy atom. The topological polar surface area (TPSA) is 85.4 Å². The summed E-state index contributed by atoms with van der Waals surface area (Å²) in [5.41, 5.74) is 0.147. The Morgan fingerprint density at radius 3 is 2.56 bits per heavy atom. The van der Waals surface area contributed by atoms with Gasteiger partial charge in [0, 0.05) is 19.5 Å². The van der Waals surface area contributed by atoms with E-state index in [1.165, 1.54) is 4.90 Å². The summed E-state index contributed by atoms with van der Waals surface area (Å²) in [6, 6.07) is 8.79. The van der Waals surface area contributed by atoms with E-state index in [4.69, 9.17) is 14.2 Å². The number of carbonyl (C=O) groups is 3. The number of amides is 3. The molecule has 3 amide bonds. The van der Waals surface area contributed by atoms with Crippen LogP contribution in [-0.2, 0) is 20.8 Å². The molecule has 2 heterocycles. The average molecular weight is 376 g/mol. The number of benzene rings is 1. The third kappa shape index (κ3) is 4.50. The fraction of sp³-hybridized carbons (Fsp3) is 0.526. The van der Waals surface area contributed by atoms with Gasteiger partial charge in [-0.25, -0.2) is 19.3 Å². The summed E-state index contributed by atoms with van der Waals surface area (Å²) in [5.74, 6) is 0. The van der Waals surface area contributed by atoms with Crippen LogP contribution < -0.4 is 0 Å². The van der Waals surface area contributed by atoms with Crippen LogP contribution in [0.5, 0.6) is 0 Å². The van der Waals surface area contributed by atoms with Gasteiger partial charge in [0.25, 0.3) is 0 Å². The quantitative estimate of drug-likeness (QED) is 0.737. The second-order valence-corrected chi connectivity index (χ2v) is 7.61.